The molecule has 0 saturated carbocycles. The molecule has 0 aromatic rings. The first-order chi connectivity index (χ1) is 3.50. The minimum atomic E-state index is -1.60. The number of Topliss-reactive ketones (excluding diaryl/α,β-unsaturated/α-hetero) is 1. The number of ketones is 1. The minimum Gasteiger partial charge on any atom is -0.360 e. The summed E-state index contributed by atoms with van der Waals surface area (Å²) in [5.74, 6) is -1.99. The molecular weight excluding hydrogens is 108 g/mol. The van der Waals surface area contributed by atoms with Gasteiger partial charge in [0.05, 0.1) is 0 Å². The van der Waals surface area contributed by atoms with Crippen molar-refractivity contribution in [2.24, 2.45) is 0 Å². The van der Waals surface area contributed by atoms with Gasteiger partial charge in [-0.15, -0.1) is 0 Å². The van der Waals surface area contributed by atoms with Gasteiger partial charge in [0.1, 0.15) is 0 Å². The van der Waals surface area contributed by atoms with E-state index in [2.05, 4.69) is 4.74 Å². The highest BCUT2D eigenvalue weighted by atomic mass is 16.6. The van der Waals surface area contributed by atoms with E-state index >= 15 is 0 Å². The average Bonchev–Trinajstić information content (AvgIpc) is 1.67. The van der Waals surface area contributed by atoms with E-state index in [0.29, 0.717) is 0 Å². The summed E-state index contributed by atoms with van der Waals surface area (Å²) >= 11 is 0. The first-order valence-corrected chi connectivity index (χ1v) is 2.29. The zero-order chi connectivity index (χ0) is 6.78. The highest BCUT2D eigenvalue weighted by Crippen LogP contribution is 2.02. The Morgan fingerprint density at radius 2 is 2.12 bits per heavy atom. The lowest BCUT2D eigenvalue weighted by atomic mass is 10.2. The summed E-state index contributed by atoms with van der Waals surface area (Å²) in [6.45, 7) is 2.57. The van der Waals surface area contributed by atoms with E-state index in [1.165, 1.54) is 21.0 Å². The van der Waals surface area contributed by atoms with Crippen molar-refractivity contribution < 1.29 is 14.6 Å². The first-order valence-electron chi connectivity index (χ1n) is 2.29. The van der Waals surface area contributed by atoms with E-state index < -0.39 is 5.79 Å². The third-order valence-electron chi connectivity index (χ3n) is 1.05. The van der Waals surface area contributed by atoms with Crippen LogP contribution in [0.5, 0.6) is 0 Å². The highest BCUT2D eigenvalue weighted by molar-refractivity contribution is 5.82. The van der Waals surface area contributed by atoms with Gasteiger partial charge in [-0.25, -0.2) is 0 Å². The number of carbonyl (C=O) groups is 1. The van der Waals surface area contributed by atoms with Gasteiger partial charge in [0, 0.05) is 14.0 Å². The maximum absolute atomic E-state index is 10.3. The molecular formula is C5H10O3. The van der Waals surface area contributed by atoms with Crippen molar-refractivity contribution in [2.45, 2.75) is 19.6 Å². The Morgan fingerprint density at radius 3 is 2.12 bits per heavy atom. The summed E-state index contributed by atoms with van der Waals surface area (Å²) in [5.41, 5.74) is 0. The highest BCUT2D eigenvalue weighted by Gasteiger charge is 2.24. The molecule has 1 unspecified atom stereocenters. The number of hydrogen-bond donors (Lipinski definition) is 1. The quantitative estimate of drug-likeness (QED) is 0.516. The molecule has 0 aliphatic heterocycles. The Labute approximate surface area is 48.3 Å². The van der Waals surface area contributed by atoms with E-state index in [9.17, 15) is 4.79 Å². The number of methoxy groups -OCH3 is 1. The molecule has 1 atom stereocenters. The maximum atomic E-state index is 10.3. The molecule has 0 rings (SSSR count). The van der Waals surface area contributed by atoms with Gasteiger partial charge in [-0.2, -0.15) is 0 Å². The summed E-state index contributed by atoms with van der Waals surface area (Å²) in [5, 5.41) is 8.83. The Balaban J connectivity index is 3.91. The van der Waals surface area contributed by atoms with Crippen LogP contribution in [0.25, 0.3) is 0 Å². The molecule has 0 heterocycles. The Bertz CT molecular complexity index is 95.8. The smallest absolute Gasteiger partial charge is 0.222 e. The normalized spacial score (nSPS) is 17.5. The van der Waals surface area contributed by atoms with Crippen LogP contribution in [0.2, 0.25) is 0 Å². The van der Waals surface area contributed by atoms with Crippen LogP contribution in [-0.4, -0.2) is 23.8 Å². The molecule has 0 fully saturated rings. The summed E-state index contributed by atoms with van der Waals surface area (Å²) < 4.78 is 4.41. The second-order valence-electron chi connectivity index (χ2n) is 1.74. The molecule has 0 aliphatic carbocycles. The van der Waals surface area contributed by atoms with Crippen molar-refractivity contribution in [3.63, 3.8) is 0 Å². The molecule has 3 nitrogen and oxygen atoms in total. The molecule has 1 N–H and O–H groups in total. The Kier molecular flexibility index (Phi) is 2.12. The van der Waals surface area contributed by atoms with Crippen LogP contribution in [0.15, 0.2) is 0 Å². The van der Waals surface area contributed by atoms with E-state index in [4.69, 9.17) is 5.11 Å². The number of hydrogen-bond acceptors (Lipinski definition) is 3. The van der Waals surface area contributed by atoms with Crippen molar-refractivity contribution in [3.8, 4) is 0 Å². The van der Waals surface area contributed by atoms with Gasteiger partial charge in [-0.3, -0.25) is 4.79 Å². The molecule has 3 heteroatoms. The summed E-state index contributed by atoms with van der Waals surface area (Å²) in [7, 11) is 1.28. The fraction of sp³-hybridized carbons (Fsp3) is 0.800. The van der Waals surface area contributed by atoms with Crippen LogP contribution in [0.1, 0.15) is 13.8 Å². The minimum absolute atomic E-state index is 0.389. The molecule has 0 saturated heterocycles. The molecule has 48 valence electrons. The van der Waals surface area contributed by atoms with Crippen LogP contribution < -0.4 is 0 Å². The lowest BCUT2D eigenvalue weighted by Crippen LogP contribution is -2.34. The van der Waals surface area contributed by atoms with Gasteiger partial charge in [0.25, 0.3) is 0 Å². The number of aliphatic hydroxyl groups is 1. The molecule has 0 aromatic carbocycles. The molecule has 0 bridgehead atoms. The monoisotopic (exact) mass is 118 g/mol. The van der Waals surface area contributed by atoms with E-state index in [0.717, 1.165) is 0 Å². The maximum Gasteiger partial charge on any atom is 0.222 e. The van der Waals surface area contributed by atoms with Crippen LogP contribution in [0.3, 0.4) is 0 Å². The third kappa shape index (κ3) is 1.60. The number of ether oxygens (including phenoxy) is 1. The van der Waals surface area contributed by atoms with Crippen LogP contribution >= 0.6 is 0 Å². The lowest BCUT2D eigenvalue weighted by Gasteiger charge is -2.16. The molecule has 0 aromatic heterocycles. The molecule has 0 radical (unpaired) electrons. The lowest BCUT2D eigenvalue weighted by molar-refractivity contribution is -0.184. The SMILES string of the molecule is COC(C)(O)C(C)=O. The fourth-order valence-corrected chi connectivity index (χ4v) is 0.144. The zero-order valence-corrected chi connectivity index (χ0v) is 5.26. The molecule has 0 spiro atoms. The molecule has 8 heavy (non-hydrogen) atoms. The van der Waals surface area contributed by atoms with Gasteiger partial charge < -0.3 is 9.84 Å². The predicted octanol–water partition coefficient (Wildman–Crippen LogP) is -0.0697. The second kappa shape index (κ2) is 2.24. The van der Waals surface area contributed by atoms with Crippen LogP contribution in [-0.2, 0) is 9.53 Å². The Morgan fingerprint density at radius 1 is 1.75 bits per heavy atom. The van der Waals surface area contributed by atoms with Crippen LogP contribution in [0.4, 0.5) is 0 Å². The van der Waals surface area contributed by atoms with Crippen molar-refractivity contribution in [1.82, 2.24) is 0 Å². The Hall–Kier alpha value is -0.410. The van der Waals surface area contributed by atoms with Gasteiger partial charge in [0.2, 0.25) is 5.79 Å². The zero-order valence-electron chi connectivity index (χ0n) is 5.26. The largest absolute Gasteiger partial charge is 0.360 e. The fourth-order valence-electron chi connectivity index (χ4n) is 0.144. The average molecular weight is 118 g/mol. The van der Waals surface area contributed by atoms with Crippen molar-refractivity contribution in [1.29, 1.82) is 0 Å². The standard InChI is InChI=1S/C5H10O3/c1-4(6)5(2,7)8-3/h7H,1-3H3. The van der Waals surface area contributed by atoms with Crippen LogP contribution in [0, 0.1) is 0 Å². The van der Waals surface area contributed by atoms with Crippen molar-refractivity contribution in [2.75, 3.05) is 7.11 Å². The molecule has 0 aliphatic rings. The van der Waals surface area contributed by atoms with Crippen molar-refractivity contribution >= 4 is 5.78 Å². The summed E-state index contributed by atoms with van der Waals surface area (Å²) in [4.78, 5) is 10.3. The number of carbonyl (C=O) groups excluding carboxylic acids is 1. The van der Waals surface area contributed by atoms with Gasteiger partial charge in [0.15, 0.2) is 5.78 Å². The topological polar surface area (TPSA) is 46.5 Å². The van der Waals surface area contributed by atoms with Crippen molar-refractivity contribution in [3.05, 3.63) is 0 Å². The van der Waals surface area contributed by atoms with Gasteiger partial charge in [-0.1, -0.05) is 0 Å². The summed E-state index contributed by atoms with van der Waals surface area (Å²) in [6.07, 6.45) is 0. The van der Waals surface area contributed by atoms with Gasteiger partial charge in [-0.05, 0) is 6.92 Å². The van der Waals surface area contributed by atoms with Gasteiger partial charge >= 0.3 is 0 Å². The van der Waals surface area contributed by atoms with E-state index in [-0.39, 0.29) is 5.78 Å². The predicted molar refractivity (Wildman–Crippen MR) is 28.3 cm³/mol. The second-order valence-corrected chi connectivity index (χ2v) is 1.74. The third-order valence-corrected chi connectivity index (χ3v) is 1.05. The molecule has 0 amide bonds. The summed E-state index contributed by atoms with van der Waals surface area (Å²) in [6, 6.07) is 0. The number of rotatable bonds is 2. The van der Waals surface area contributed by atoms with E-state index in [1.54, 1.807) is 0 Å². The first kappa shape index (κ1) is 7.59. The van der Waals surface area contributed by atoms with E-state index in [1.807, 2.05) is 0 Å².